The van der Waals surface area contributed by atoms with Crippen LogP contribution in [-0.4, -0.2) is 30.6 Å². The second kappa shape index (κ2) is 8.15. The summed E-state index contributed by atoms with van der Waals surface area (Å²) in [7, 11) is 0. The fraction of sp³-hybridized carbons (Fsp3) is 0.714. The van der Waals surface area contributed by atoms with Crippen molar-refractivity contribution in [2.75, 3.05) is 24.6 Å². The number of nitrogens with zero attached hydrogens (tertiary/aromatic N) is 2. The Bertz CT molecular complexity index is 391. The first-order chi connectivity index (χ1) is 9.06. The fourth-order valence-electron chi connectivity index (χ4n) is 1.80. The molecule has 19 heavy (non-hydrogen) atoms. The number of ether oxygens (including phenoxy) is 1. The van der Waals surface area contributed by atoms with Crippen LogP contribution in [0.4, 0.5) is 5.13 Å². The Hall–Kier alpha value is -1.10. The monoisotopic (exact) mass is 284 g/mol. The molecule has 5 heteroatoms. The van der Waals surface area contributed by atoms with Gasteiger partial charge in [0.05, 0.1) is 18.7 Å². The highest BCUT2D eigenvalue weighted by atomic mass is 32.1. The number of anilines is 1. The van der Waals surface area contributed by atoms with Gasteiger partial charge in [-0.1, -0.05) is 13.8 Å². The minimum Gasteiger partial charge on any atom is -0.466 e. The molecule has 0 amide bonds. The molecular formula is C14H24N2O2S. The molecule has 0 radical (unpaired) electrons. The maximum atomic E-state index is 11.3. The van der Waals surface area contributed by atoms with E-state index in [1.807, 2.05) is 12.3 Å². The highest BCUT2D eigenvalue weighted by Crippen LogP contribution is 2.22. The maximum absolute atomic E-state index is 11.3. The molecule has 0 aliphatic carbocycles. The molecule has 1 aromatic heterocycles. The molecule has 1 aromatic rings. The van der Waals surface area contributed by atoms with Gasteiger partial charge in [0.2, 0.25) is 0 Å². The number of aromatic nitrogens is 1. The Balaban J connectivity index is 2.53. The molecule has 0 unspecified atom stereocenters. The quantitative estimate of drug-likeness (QED) is 0.688. The topological polar surface area (TPSA) is 42.4 Å². The summed E-state index contributed by atoms with van der Waals surface area (Å²) in [6.07, 6.45) is 1.07. The third kappa shape index (κ3) is 5.59. The van der Waals surface area contributed by atoms with Crippen LogP contribution < -0.4 is 4.90 Å². The summed E-state index contributed by atoms with van der Waals surface area (Å²) in [5, 5.41) is 3.09. The van der Waals surface area contributed by atoms with Gasteiger partial charge in [0, 0.05) is 24.9 Å². The van der Waals surface area contributed by atoms with Crippen LogP contribution in [0.3, 0.4) is 0 Å². The van der Waals surface area contributed by atoms with E-state index in [9.17, 15) is 4.79 Å². The van der Waals surface area contributed by atoms with Crippen LogP contribution in [0.25, 0.3) is 0 Å². The summed E-state index contributed by atoms with van der Waals surface area (Å²) >= 11 is 1.65. The number of esters is 1. The van der Waals surface area contributed by atoms with Crippen LogP contribution >= 0.6 is 11.3 Å². The molecule has 0 saturated carbocycles. The summed E-state index contributed by atoms with van der Waals surface area (Å²) in [4.78, 5) is 18.2. The number of hydrogen-bond donors (Lipinski definition) is 0. The van der Waals surface area contributed by atoms with Crippen LogP contribution in [0.1, 0.15) is 39.8 Å². The van der Waals surface area contributed by atoms with E-state index in [-0.39, 0.29) is 5.97 Å². The van der Waals surface area contributed by atoms with Crippen molar-refractivity contribution >= 4 is 22.4 Å². The Morgan fingerprint density at radius 2 is 2.21 bits per heavy atom. The van der Waals surface area contributed by atoms with Crippen molar-refractivity contribution in [3.8, 4) is 0 Å². The molecule has 0 fully saturated rings. The number of carbonyl (C=O) groups is 1. The standard InChI is InChI=1S/C14H24N2O2S/c1-5-16(9-11(3)4)14-15-12(10-19-14)7-8-13(17)18-6-2/h10-11H,5-9H2,1-4H3. The van der Waals surface area contributed by atoms with Crippen LogP contribution in [0.15, 0.2) is 5.38 Å². The van der Waals surface area contributed by atoms with Crippen molar-refractivity contribution in [1.29, 1.82) is 0 Å². The summed E-state index contributed by atoms with van der Waals surface area (Å²) in [5.74, 6) is 0.471. The Morgan fingerprint density at radius 3 is 2.79 bits per heavy atom. The molecule has 0 aromatic carbocycles. The fourth-order valence-corrected chi connectivity index (χ4v) is 2.74. The molecular weight excluding hydrogens is 260 g/mol. The van der Waals surface area contributed by atoms with E-state index in [0.29, 0.717) is 25.4 Å². The Kier molecular flexibility index (Phi) is 6.84. The van der Waals surface area contributed by atoms with Crippen molar-refractivity contribution in [1.82, 2.24) is 4.98 Å². The first-order valence-electron chi connectivity index (χ1n) is 6.91. The molecule has 0 N–H and O–H groups in total. The van der Waals surface area contributed by atoms with Crippen molar-refractivity contribution in [2.45, 2.75) is 40.5 Å². The van der Waals surface area contributed by atoms with Gasteiger partial charge in [-0.15, -0.1) is 11.3 Å². The lowest BCUT2D eigenvalue weighted by Crippen LogP contribution is -2.27. The number of thiazole rings is 1. The van der Waals surface area contributed by atoms with Crippen LogP contribution in [0.5, 0.6) is 0 Å². The van der Waals surface area contributed by atoms with E-state index in [0.717, 1.165) is 23.9 Å². The largest absolute Gasteiger partial charge is 0.466 e. The first-order valence-corrected chi connectivity index (χ1v) is 7.79. The molecule has 1 heterocycles. The predicted molar refractivity (Wildman–Crippen MR) is 79.8 cm³/mol. The molecule has 108 valence electrons. The molecule has 4 nitrogen and oxygen atoms in total. The minimum absolute atomic E-state index is 0.147. The predicted octanol–water partition coefficient (Wildman–Crippen LogP) is 3.12. The summed E-state index contributed by atoms with van der Waals surface area (Å²) in [6.45, 7) is 10.8. The zero-order chi connectivity index (χ0) is 14.3. The van der Waals surface area contributed by atoms with E-state index >= 15 is 0 Å². The molecule has 0 atom stereocenters. The van der Waals surface area contributed by atoms with Crippen molar-refractivity contribution in [3.63, 3.8) is 0 Å². The van der Waals surface area contributed by atoms with E-state index in [1.165, 1.54) is 0 Å². The molecule has 0 aliphatic heterocycles. The number of hydrogen-bond acceptors (Lipinski definition) is 5. The number of rotatable bonds is 8. The first kappa shape index (κ1) is 16.0. The molecule has 1 rings (SSSR count). The summed E-state index contributed by atoms with van der Waals surface area (Å²) in [6, 6.07) is 0. The molecule has 0 bridgehead atoms. The van der Waals surface area contributed by atoms with Crippen molar-refractivity contribution < 1.29 is 9.53 Å². The van der Waals surface area contributed by atoms with Gasteiger partial charge in [-0.05, 0) is 19.8 Å². The average Bonchev–Trinajstić information content (AvgIpc) is 2.82. The molecule has 0 saturated heterocycles. The Labute approximate surface area is 119 Å². The average molecular weight is 284 g/mol. The van der Waals surface area contributed by atoms with Crippen LogP contribution in [0, 0.1) is 5.92 Å². The van der Waals surface area contributed by atoms with E-state index in [4.69, 9.17) is 4.74 Å². The SMILES string of the molecule is CCOC(=O)CCc1csc(N(CC)CC(C)C)n1. The lowest BCUT2D eigenvalue weighted by molar-refractivity contribution is -0.143. The molecule has 0 spiro atoms. The van der Waals surface area contributed by atoms with Crippen LogP contribution in [0.2, 0.25) is 0 Å². The van der Waals surface area contributed by atoms with Gasteiger partial charge in [-0.3, -0.25) is 4.79 Å². The van der Waals surface area contributed by atoms with E-state index in [2.05, 4.69) is 30.7 Å². The maximum Gasteiger partial charge on any atom is 0.306 e. The number of carbonyl (C=O) groups excluding carboxylic acids is 1. The third-order valence-electron chi connectivity index (χ3n) is 2.67. The normalized spacial score (nSPS) is 10.8. The van der Waals surface area contributed by atoms with Crippen molar-refractivity contribution in [3.05, 3.63) is 11.1 Å². The highest BCUT2D eigenvalue weighted by molar-refractivity contribution is 7.13. The van der Waals surface area contributed by atoms with Gasteiger partial charge in [-0.2, -0.15) is 0 Å². The lowest BCUT2D eigenvalue weighted by Gasteiger charge is -2.21. The highest BCUT2D eigenvalue weighted by Gasteiger charge is 2.12. The van der Waals surface area contributed by atoms with Gasteiger partial charge in [0.15, 0.2) is 5.13 Å². The lowest BCUT2D eigenvalue weighted by atomic mass is 10.2. The Morgan fingerprint density at radius 1 is 1.47 bits per heavy atom. The smallest absolute Gasteiger partial charge is 0.306 e. The van der Waals surface area contributed by atoms with Crippen LogP contribution in [-0.2, 0) is 16.0 Å². The van der Waals surface area contributed by atoms with E-state index in [1.54, 1.807) is 11.3 Å². The van der Waals surface area contributed by atoms with Gasteiger partial charge in [0.25, 0.3) is 0 Å². The molecule has 0 aliphatic rings. The summed E-state index contributed by atoms with van der Waals surface area (Å²) in [5.41, 5.74) is 0.982. The van der Waals surface area contributed by atoms with Gasteiger partial charge in [0.1, 0.15) is 0 Å². The van der Waals surface area contributed by atoms with Crippen molar-refractivity contribution in [2.24, 2.45) is 5.92 Å². The zero-order valence-corrected chi connectivity index (χ0v) is 13.1. The van der Waals surface area contributed by atoms with Gasteiger partial charge in [-0.25, -0.2) is 4.98 Å². The van der Waals surface area contributed by atoms with Gasteiger partial charge >= 0.3 is 5.97 Å². The second-order valence-corrected chi connectivity index (χ2v) is 5.70. The third-order valence-corrected chi connectivity index (χ3v) is 3.62. The van der Waals surface area contributed by atoms with E-state index < -0.39 is 0 Å². The summed E-state index contributed by atoms with van der Waals surface area (Å²) < 4.78 is 4.92. The second-order valence-electron chi connectivity index (χ2n) is 4.86. The minimum atomic E-state index is -0.147. The number of aryl methyl sites for hydroxylation is 1. The van der Waals surface area contributed by atoms with Gasteiger partial charge < -0.3 is 9.64 Å². The zero-order valence-electron chi connectivity index (χ0n) is 12.3.